The standard InChI is InChI=1S/C6H7Cl3NP/c7-5-1-3-6(4-2-5)11(8,9)10/h1-4,11H,10H2. The van der Waals surface area contributed by atoms with E-state index >= 15 is 0 Å². The Labute approximate surface area is 80.4 Å². The molecule has 1 aromatic carbocycles. The zero-order chi connectivity index (χ0) is 8.48. The van der Waals surface area contributed by atoms with Crippen LogP contribution in [-0.2, 0) is 0 Å². The molecule has 0 aromatic heterocycles. The van der Waals surface area contributed by atoms with Crippen molar-refractivity contribution in [3.8, 4) is 0 Å². The third-order valence-corrected chi connectivity index (χ3v) is 3.89. The average molecular weight is 230 g/mol. The first-order valence-corrected chi connectivity index (χ1v) is 7.41. The van der Waals surface area contributed by atoms with Crippen LogP contribution in [0.1, 0.15) is 0 Å². The number of benzene rings is 1. The molecule has 1 nitrogen and oxygen atoms in total. The van der Waals surface area contributed by atoms with E-state index < -0.39 is 6.12 Å². The fourth-order valence-electron chi connectivity index (χ4n) is 0.672. The molecule has 1 aromatic rings. The molecule has 0 unspecified atom stereocenters. The van der Waals surface area contributed by atoms with Crippen LogP contribution < -0.4 is 10.8 Å². The predicted molar refractivity (Wildman–Crippen MR) is 55.3 cm³/mol. The van der Waals surface area contributed by atoms with Crippen LogP contribution >= 0.6 is 40.2 Å². The van der Waals surface area contributed by atoms with Crippen molar-refractivity contribution in [3.05, 3.63) is 29.3 Å². The van der Waals surface area contributed by atoms with Crippen LogP contribution in [0.3, 0.4) is 0 Å². The van der Waals surface area contributed by atoms with Gasteiger partial charge in [0.15, 0.2) is 0 Å². The summed E-state index contributed by atoms with van der Waals surface area (Å²) in [6.07, 6.45) is -2.67. The molecule has 0 bridgehead atoms. The van der Waals surface area contributed by atoms with Crippen LogP contribution in [0.2, 0.25) is 5.02 Å². The van der Waals surface area contributed by atoms with Crippen LogP contribution in [-0.4, -0.2) is 0 Å². The zero-order valence-corrected chi connectivity index (χ0v) is 8.79. The second kappa shape index (κ2) is 3.47. The van der Waals surface area contributed by atoms with Crippen molar-refractivity contribution in [2.24, 2.45) is 5.50 Å². The molecule has 0 aliphatic rings. The SMILES string of the molecule is N[PH](Cl)(Cl)c1ccc(Cl)cc1. The summed E-state index contributed by atoms with van der Waals surface area (Å²) in [6.45, 7) is 0. The van der Waals surface area contributed by atoms with Gasteiger partial charge in [0.1, 0.15) is 0 Å². The molecule has 1 rings (SSSR count). The zero-order valence-electron chi connectivity index (χ0n) is 5.52. The molecule has 0 heterocycles. The van der Waals surface area contributed by atoms with Crippen molar-refractivity contribution in [1.29, 1.82) is 0 Å². The van der Waals surface area contributed by atoms with Gasteiger partial charge in [-0.05, 0) is 0 Å². The fourth-order valence-corrected chi connectivity index (χ4v) is 2.17. The Balaban J connectivity index is 2.99. The van der Waals surface area contributed by atoms with Crippen molar-refractivity contribution >= 4 is 45.5 Å². The van der Waals surface area contributed by atoms with E-state index in [0.29, 0.717) is 5.02 Å². The number of hydrogen-bond donors (Lipinski definition) is 1. The van der Waals surface area contributed by atoms with E-state index in [1.54, 1.807) is 24.3 Å². The van der Waals surface area contributed by atoms with Crippen LogP contribution in [0, 0.1) is 0 Å². The number of halogens is 3. The molecule has 0 aliphatic carbocycles. The molecule has 0 aliphatic heterocycles. The second-order valence-corrected chi connectivity index (χ2v) is 8.55. The van der Waals surface area contributed by atoms with Gasteiger partial charge in [-0.3, -0.25) is 0 Å². The molecule has 0 atom stereocenters. The Morgan fingerprint density at radius 3 is 1.91 bits per heavy atom. The van der Waals surface area contributed by atoms with E-state index in [1.807, 2.05) is 0 Å². The van der Waals surface area contributed by atoms with E-state index in [9.17, 15) is 0 Å². The van der Waals surface area contributed by atoms with Crippen LogP contribution in [0.5, 0.6) is 0 Å². The molecule has 0 radical (unpaired) electrons. The van der Waals surface area contributed by atoms with Crippen molar-refractivity contribution < 1.29 is 0 Å². The molecule has 0 amide bonds. The summed E-state index contributed by atoms with van der Waals surface area (Å²) in [4.78, 5) is 0. The first-order chi connectivity index (χ1) is 5.00. The Bertz CT molecular complexity index is 241. The van der Waals surface area contributed by atoms with Gasteiger partial charge in [-0.25, -0.2) is 0 Å². The third-order valence-electron chi connectivity index (χ3n) is 1.23. The van der Waals surface area contributed by atoms with E-state index in [4.69, 9.17) is 39.6 Å². The van der Waals surface area contributed by atoms with Crippen molar-refractivity contribution in [3.63, 3.8) is 0 Å². The van der Waals surface area contributed by atoms with Gasteiger partial charge < -0.3 is 0 Å². The summed E-state index contributed by atoms with van der Waals surface area (Å²) in [5, 5.41) is 1.42. The first-order valence-electron chi connectivity index (χ1n) is 2.93. The number of hydrogen-bond acceptors (Lipinski definition) is 1. The van der Waals surface area contributed by atoms with Gasteiger partial charge >= 0.3 is 80.3 Å². The maximum absolute atomic E-state index is 5.75. The van der Waals surface area contributed by atoms with Gasteiger partial charge in [0.25, 0.3) is 0 Å². The minimum atomic E-state index is -2.67. The van der Waals surface area contributed by atoms with Crippen molar-refractivity contribution in [2.45, 2.75) is 0 Å². The summed E-state index contributed by atoms with van der Waals surface area (Å²) in [6, 6.07) is 6.93. The molecule has 0 spiro atoms. The molecule has 0 saturated heterocycles. The van der Waals surface area contributed by atoms with Gasteiger partial charge in [0.2, 0.25) is 0 Å². The Morgan fingerprint density at radius 1 is 1.09 bits per heavy atom. The van der Waals surface area contributed by atoms with Crippen molar-refractivity contribution in [2.75, 3.05) is 0 Å². The molecule has 0 fully saturated rings. The molecule has 62 valence electrons. The molecule has 2 N–H and O–H groups in total. The number of rotatable bonds is 1. The average Bonchev–Trinajstić information content (AvgIpc) is 1.86. The topological polar surface area (TPSA) is 26.0 Å². The van der Waals surface area contributed by atoms with Crippen LogP contribution in [0.15, 0.2) is 24.3 Å². The first kappa shape index (κ1) is 9.57. The van der Waals surface area contributed by atoms with E-state index in [0.717, 1.165) is 5.30 Å². The Morgan fingerprint density at radius 2 is 1.55 bits per heavy atom. The predicted octanol–water partition coefficient (Wildman–Crippen LogP) is 2.90. The summed E-state index contributed by atoms with van der Waals surface area (Å²) in [7, 11) is 0. The third kappa shape index (κ3) is 2.77. The molecule has 0 saturated carbocycles. The Hall–Kier alpha value is 0.480. The molecule has 11 heavy (non-hydrogen) atoms. The summed E-state index contributed by atoms with van der Waals surface area (Å²) in [5.74, 6) is 0. The van der Waals surface area contributed by atoms with Gasteiger partial charge in [-0.1, -0.05) is 0 Å². The van der Waals surface area contributed by atoms with Gasteiger partial charge in [0, 0.05) is 0 Å². The summed E-state index contributed by atoms with van der Waals surface area (Å²) < 4.78 is 0. The molecule has 5 heteroatoms. The molecular formula is C6H7Cl3NP. The summed E-state index contributed by atoms with van der Waals surface area (Å²) >= 11 is 17.2. The maximum atomic E-state index is 5.75. The Kier molecular flexibility index (Phi) is 3.02. The van der Waals surface area contributed by atoms with Crippen LogP contribution in [0.25, 0.3) is 0 Å². The fraction of sp³-hybridized carbons (Fsp3) is 0. The normalized spacial score (nSPS) is 13.1. The monoisotopic (exact) mass is 229 g/mol. The minimum absolute atomic E-state index is 0.653. The van der Waals surface area contributed by atoms with Gasteiger partial charge in [-0.15, -0.1) is 0 Å². The second-order valence-electron chi connectivity index (χ2n) is 2.13. The van der Waals surface area contributed by atoms with Gasteiger partial charge in [0.05, 0.1) is 0 Å². The summed E-state index contributed by atoms with van der Waals surface area (Å²) in [5.41, 5.74) is 5.53. The quantitative estimate of drug-likeness (QED) is 0.738. The van der Waals surface area contributed by atoms with E-state index in [-0.39, 0.29) is 0 Å². The van der Waals surface area contributed by atoms with E-state index in [2.05, 4.69) is 0 Å². The van der Waals surface area contributed by atoms with E-state index in [1.165, 1.54) is 0 Å². The van der Waals surface area contributed by atoms with Crippen molar-refractivity contribution in [1.82, 2.24) is 0 Å². The van der Waals surface area contributed by atoms with Gasteiger partial charge in [-0.2, -0.15) is 0 Å². The molecular weight excluding hydrogens is 223 g/mol. The number of nitrogens with two attached hydrogens (primary N) is 1. The van der Waals surface area contributed by atoms with Crippen LogP contribution in [0.4, 0.5) is 0 Å².